The molecule has 1 heterocycles. The molecule has 2 rings (SSSR count). The van der Waals surface area contributed by atoms with Crippen molar-refractivity contribution < 1.29 is 14.7 Å². The van der Waals surface area contributed by atoms with Crippen LogP contribution in [0.4, 0.5) is 0 Å². The Hall–Kier alpha value is -2.40. The number of aromatic nitrogens is 1. The summed E-state index contributed by atoms with van der Waals surface area (Å²) in [5, 5.41) is 13.0. The van der Waals surface area contributed by atoms with Crippen molar-refractivity contribution in [3.8, 4) is 5.75 Å². The van der Waals surface area contributed by atoms with Crippen molar-refractivity contribution in [1.29, 1.82) is 0 Å². The van der Waals surface area contributed by atoms with E-state index in [4.69, 9.17) is 11.6 Å². The summed E-state index contributed by atoms with van der Waals surface area (Å²) in [6.45, 7) is 3.73. The van der Waals surface area contributed by atoms with Crippen LogP contribution in [0.5, 0.6) is 5.75 Å². The molecular formula is C18H19ClN2O3. The SMILES string of the molecule is CC(C)NC(=O)c1cc(CC(=O)Cc2cc(Cl)ccc2O)ccn1. The van der Waals surface area contributed by atoms with Crippen molar-refractivity contribution in [2.75, 3.05) is 0 Å². The molecule has 0 saturated heterocycles. The highest BCUT2D eigenvalue weighted by atomic mass is 35.5. The number of halogens is 1. The van der Waals surface area contributed by atoms with Gasteiger partial charge in [0.15, 0.2) is 0 Å². The van der Waals surface area contributed by atoms with Crippen molar-refractivity contribution in [3.05, 3.63) is 58.4 Å². The predicted octanol–water partition coefficient (Wildman–Crippen LogP) is 2.93. The van der Waals surface area contributed by atoms with Crippen LogP contribution in [0.25, 0.3) is 0 Å². The molecule has 1 aromatic heterocycles. The molecule has 0 spiro atoms. The van der Waals surface area contributed by atoms with Crippen molar-refractivity contribution in [2.24, 2.45) is 0 Å². The van der Waals surface area contributed by atoms with E-state index in [0.717, 1.165) is 0 Å². The Morgan fingerprint density at radius 1 is 1.21 bits per heavy atom. The molecule has 0 unspecified atom stereocenters. The van der Waals surface area contributed by atoms with Crippen molar-refractivity contribution in [2.45, 2.75) is 32.7 Å². The number of nitrogens with zero attached hydrogens (tertiary/aromatic N) is 1. The van der Waals surface area contributed by atoms with E-state index in [1.807, 2.05) is 13.8 Å². The first-order valence-corrected chi connectivity index (χ1v) is 7.98. The number of nitrogens with one attached hydrogen (secondary N) is 1. The summed E-state index contributed by atoms with van der Waals surface area (Å²) in [7, 11) is 0. The maximum absolute atomic E-state index is 12.2. The highest BCUT2D eigenvalue weighted by molar-refractivity contribution is 6.30. The number of rotatable bonds is 6. The van der Waals surface area contributed by atoms with Gasteiger partial charge < -0.3 is 10.4 Å². The van der Waals surface area contributed by atoms with Gasteiger partial charge in [-0.15, -0.1) is 0 Å². The quantitative estimate of drug-likeness (QED) is 0.842. The Labute approximate surface area is 145 Å². The van der Waals surface area contributed by atoms with E-state index in [1.165, 1.54) is 12.3 Å². The Kier molecular flexibility index (Phi) is 5.93. The lowest BCUT2D eigenvalue weighted by molar-refractivity contribution is -0.117. The van der Waals surface area contributed by atoms with E-state index < -0.39 is 0 Å². The number of hydrogen-bond acceptors (Lipinski definition) is 4. The first-order valence-electron chi connectivity index (χ1n) is 7.60. The Balaban J connectivity index is 2.06. The summed E-state index contributed by atoms with van der Waals surface area (Å²) in [6.07, 6.45) is 1.73. The number of phenolic OH excluding ortho intramolecular Hbond substituents is 1. The molecule has 0 aliphatic rings. The molecule has 0 saturated carbocycles. The smallest absolute Gasteiger partial charge is 0.270 e. The summed E-state index contributed by atoms with van der Waals surface area (Å²) in [4.78, 5) is 28.2. The first-order chi connectivity index (χ1) is 11.3. The molecule has 1 amide bonds. The number of aromatic hydroxyl groups is 1. The van der Waals surface area contributed by atoms with Crippen LogP contribution in [0.2, 0.25) is 5.02 Å². The van der Waals surface area contributed by atoms with Gasteiger partial charge in [0.05, 0.1) is 0 Å². The zero-order valence-corrected chi connectivity index (χ0v) is 14.3. The molecule has 0 aliphatic carbocycles. The van der Waals surface area contributed by atoms with Gasteiger partial charge in [-0.1, -0.05) is 11.6 Å². The summed E-state index contributed by atoms with van der Waals surface area (Å²) in [5.41, 5.74) is 1.46. The van der Waals surface area contributed by atoms with E-state index in [-0.39, 0.29) is 42.0 Å². The Morgan fingerprint density at radius 3 is 2.67 bits per heavy atom. The van der Waals surface area contributed by atoms with Gasteiger partial charge >= 0.3 is 0 Å². The van der Waals surface area contributed by atoms with Gasteiger partial charge in [-0.05, 0) is 49.7 Å². The van der Waals surface area contributed by atoms with Crippen LogP contribution in [0, 0.1) is 0 Å². The van der Waals surface area contributed by atoms with Crippen LogP contribution in [-0.2, 0) is 17.6 Å². The molecule has 6 heteroatoms. The van der Waals surface area contributed by atoms with Crippen LogP contribution >= 0.6 is 11.6 Å². The molecular weight excluding hydrogens is 328 g/mol. The molecule has 2 N–H and O–H groups in total. The minimum absolute atomic E-state index is 0.00962. The topological polar surface area (TPSA) is 79.3 Å². The fourth-order valence-corrected chi connectivity index (χ4v) is 2.44. The van der Waals surface area contributed by atoms with E-state index in [2.05, 4.69) is 10.3 Å². The number of carbonyl (C=O) groups excluding carboxylic acids is 2. The van der Waals surface area contributed by atoms with E-state index in [0.29, 0.717) is 16.1 Å². The molecule has 0 atom stereocenters. The second kappa shape index (κ2) is 7.93. The number of ketones is 1. The minimum atomic E-state index is -0.271. The molecule has 126 valence electrons. The van der Waals surface area contributed by atoms with Gasteiger partial charge in [0.1, 0.15) is 17.2 Å². The number of benzene rings is 1. The number of carbonyl (C=O) groups is 2. The normalized spacial score (nSPS) is 10.7. The number of hydrogen-bond donors (Lipinski definition) is 2. The zero-order valence-electron chi connectivity index (χ0n) is 13.5. The van der Waals surface area contributed by atoms with Crippen LogP contribution in [0.3, 0.4) is 0 Å². The standard InChI is InChI=1S/C18H19ClN2O3/c1-11(2)21-18(24)16-8-12(5-6-20-16)7-15(22)10-13-9-14(19)3-4-17(13)23/h3-6,8-9,11,23H,7,10H2,1-2H3,(H,21,24). The highest BCUT2D eigenvalue weighted by Crippen LogP contribution is 2.22. The third-order valence-electron chi connectivity index (χ3n) is 3.31. The third kappa shape index (κ3) is 5.06. The summed E-state index contributed by atoms with van der Waals surface area (Å²) < 4.78 is 0. The van der Waals surface area contributed by atoms with Crippen molar-refractivity contribution in [3.63, 3.8) is 0 Å². The molecule has 0 radical (unpaired) electrons. The van der Waals surface area contributed by atoms with E-state index in [1.54, 1.807) is 24.3 Å². The lowest BCUT2D eigenvalue weighted by Crippen LogP contribution is -2.30. The maximum Gasteiger partial charge on any atom is 0.270 e. The van der Waals surface area contributed by atoms with E-state index in [9.17, 15) is 14.7 Å². The van der Waals surface area contributed by atoms with Gasteiger partial charge in [0.2, 0.25) is 0 Å². The van der Waals surface area contributed by atoms with Crippen LogP contribution < -0.4 is 5.32 Å². The second-order valence-electron chi connectivity index (χ2n) is 5.84. The van der Waals surface area contributed by atoms with Crippen LogP contribution in [-0.4, -0.2) is 27.8 Å². The summed E-state index contributed by atoms with van der Waals surface area (Å²) >= 11 is 5.88. The highest BCUT2D eigenvalue weighted by Gasteiger charge is 2.12. The largest absolute Gasteiger partial charge is 0.508 e. The molecule has 5 nitrogen and oxygen atoms in total. The monoisotopic (exact) mass is 346 g/mol. The van der Waals surface area contributed by atoms with E-state index >= 15 is 0 Å². The van der Waals surface area contributed by atoms with Gasteiger partial charge in [0.25, 0.3) is 5.91 Å². The van der Waals surface area contributed by atoms with Crippen LogP contribution in [0.15, 0.2) is 36.5 Å². The predicted molar refractivity (Wildman–Crippen MR) is 92.4 cm³/mol. The maximum atomic E-state index is 12.2. The minimum Gasteiger partial charge on any atom is -0.508 e. The molecule has 1 aromatic carbocycles. The molecule has 2 aromatic rings. The third-order valence-corrected chi connectivity index (χ3v) is 3.54. The van der Waals surface area contributed by atoms with Crippen LogP contribution in [0.1, 0.15) is 35.5 Å². The van der Waals surface area contributed by atoms with Gasteiger partial charge in [0, 0.05) is 35.7 Å². The lowest BCUT2D eigenvalue weighted by Gasteiger charge is -2.09. The average molecular weight is 347 g/mol. The summed E-state index contributed by atoms with van der Waals surface area (Å²) in [6, 6.07) is 7.91. The van der Waals surface area contributed by atoms with Gasteiger partial charge in [-0.3, -0.25) is 14.6 Å². The van der Waals surface area contributed by atoms with Gasteiger partial charge in [-0.2, -0.15) is 0 Å². The summed E-state index contributed by atoms with van der Waals surface area (Å²) in [5.74, 6) is -0.319. The fourth-order valence-electron chi connectivity index (χ4n) is 2.24. The fraction of sp³-hybridized carbons (Fsp3) is 0.278. The number of pyridine rings is 1. The number of amides is 1. The van der Waals surface area contributed by atoms with Gasteiger partial charge in [-0.25, -0.2) is 0 Å². The molecule has 24 heavy (non-hydrogen) atoms. The number of phenols is 1. The first kappa shape index (κ1) is 17.9. The molecule has 0 bridgehead atoms. The Morgan fingerprint density at radius 2 is 1.96 bits per heavy atom. The average Bonchev–Trinajstić information content (AvgIpc) is 2.50. The number of Topliss-reactive ketones (excluding diaryl/α,β-unsaturated/α-hetero) is 1. The van der Waals surface area contributed by atoms with Crippen molar-refractivity contribution >= 4 is 23.3 Å². The lowest BCUT2D eigenvalue weighted by atomic mass is 10.0. The zero-order chi connectivity index (χ0) is 17.7. The molecule has 0 aliphatic heterocycles. The van der Waals surface area contributed by atoms with Crippen molar-refractivity contribution in [1.82, 2.24) is 10.3 Å². The molecule has 0 fully saturated rings. The second-order valence-corrected chi connectivity index (χ2v) is 6.28. The Bertz CT molecular complexity index is 760.